The van der Waals surface area contributed by atoms with Crippen LogP contribution in [0.15, 0.2) is 53.6 Å². The van der Waals surface area contributed by atoms with Crippen LogP contribution in [0.5, 0.6) is 0 Å². The molecule has 164 valence electrons. The molecule has 1 unspecified atom stereocenters. The second kappa shape index (κ2) is 8.05. The quantitative estimate of drug-likeness (QED) is 0.554. The Balaban J connectivity index is 1.93. The highest BCUT2D eigenvalue weighted by atomic mass is 19.4. The van der Waals surface area contributed by atoms with Gasteiger partial charge in [-0.15, -0.1) is 0 Å². The highest BCUT2D eigenvalue weighted by Crippen LogP contribution is 2.35. The van der Waals surface area contributed by atoms with Gasteiger partial charge in [0.15, 0.2) is 0 Å². The Morgan fingerprint density at radius 2 is 1.52 bits per heavy atom. The minimum absolute atomic E-state index is 0.0753. The van der Waals surface area contributed by atoms with Gasteiger partial charge >= 0.3 is 18.3 Å². The Bertz CT molecular complexity index is 1010. The third-order valence-corrected chi connectivity index (χ3v) is 4.54. The average molecular weight is 443 g/mol. The second-order valence-electron chi connectivity index (χ2n) is 6.85. The standard InChI is InChI=1S/C20H15F6N3O2/c1-11-2-4-12(5-3-11)15-10-16(27-18(31)20(24,25)26)28-29(15)14-8-6-13(7-9-14)17(30)19(21,22)23/h2-9,15H,10H2,1H3,(H,27,28,31). The van der Waals surface area contributed by atoms with E-state index in [1.807, 2.05) is 6.92 Å². The van der Waals surface area contributed by atoms with Crippen molar-refractivity contribution in [3.63, 3.8) is 0 Å². The van der Waals surface area contributed by atoms with Crippen LogP contribution in [0.4, 0.5) is 32.0 Å². The van der Waals surface area contributed by atoms with Gasteiger partial charge in [-0.2, -0.15) is 31.4 Å². The van der Waals surface area contributed by atoms with Gasteiger partial charge in [-0.05, 0) is 36.8 Å². The number of amidine groups is 1. The van der Waals surface area contributed by atoms with E-state index in [4.69, 9.17) is 0 Å². The molecule has 0 radical (unpaired) electrons. The zero-order chi connectivity index (χ0) is 23.0. The molecule has 11 heteroatoms. The molecule has 0 aromatic heterocycles. The molecule has 0 saturated heterocycles. The predicted molar refractivity (Wildman–Crippen MR) is 99.5 cm³/mol. The minimum Gasteiger partial charge on any atom is -0.305 e. The molecule has 5 nitrogen and oxygen atoms in total. The number of nitrogens with one attached hydrogen (secondary N) is 1. The molecule has 1 N–H and O–H groups in total. The molecule has 0 spiro atoms. The maximum Gasteiger partial charge on any atom is 0.471 e. The third kappa shape index (κ3) is 5.04. The first-order valence-electron chi connectivity index (χ1n) is 8.89. The summed E-state index contributed by atoms with van der Waals surface area (Å²) < 4.78 is 75.6. The number of anilines is 1. The Morgan fingerprint density at radius 1 is 0.935 bits per heavy atom. The monoisotopic (exact) mass is 443 g/mol. The van der Waals surface area contributed by atoms with Crippen LogP contribution in [0.1, 0.15) is 33.9 Å². The summed E-state index contributed by atoms with van der Waals surface area (Å²) in [5.41, 5.74) is 1.26. The molecule has 2 aromatic carbocycles. The number of amides is 1. The number of hydrazone groups is 1. The highest BCUT2D eigenvalue weighted by molar-refractivity contribution is 6.02. The van der Waals surface area contributed by atoms with Gasteiger partial charge < -0.3 is 5.32 Å². The van der Waals surface area contributed by atoms with Crippen molar-refractivity contribution in [3.05, 3.63) is 65.2 Å². The first kappa shape index (κ1) is 22.3. The minimum atomic E-state index is -5.10. The van der Waals surface area contributed by atoms with Crippen LogP contribution < -0.4 is 10.3 Å². The molecule has 1 atom stereocenters. The lowest BCUT2D eigenvalue weighted by molar-refractivity contribution is -0.171. The summed E-state index contributed by atoms with van der Waals surface area (Å²) in [7, 11) is 0. The van der Waals surface area contributed by atoms with Crippen molar-refractivity contribution in [2.75, 3.05) is 5.01 Å². The average Bonchev–Trinajstić information content (AvgIpc) is 3.10. The summed E-state index contributed by atoms with van der Waals surface area (Å²) in [6.45, 7) is 1.85. The van der Waals surface area contributed by atoms with Crippen LogP contribution in [-0.2, 0) is 4.79 Å². The van der Waals surface area contributed by atoms with E-state index in [9.17, 15) is 35.9 Å². The molecule has 1 aliphatic rings. The van der Waals surface area contributed by atoms with Gasteiger partial charge in [-0.25, -0.2) is 0 Å². The van der Waals surface area contributed by atoms with Crippen LogP contribution in [0.25, 0.3) is 0 Å². The van der Waals surface area contributed by atoms with Gasteiger partial charge in [0, 0.05) is 12.0 Å². The van der Waals surface area contributed by atoms with E-state index in [2.05, 4.69) is 5.10 Å². The first-order chi connectivity index (χ1) is 14.4. The van der Waals surface area contributed by atoms with Gasteiger partial charge in [0.2, 0.25) is 0 Å². The fraction of sp³-hybridized carbons (Fsp3) is 0.250. The van der Waals surface area contributed by atoms with Gasteiger partial charge in [-0.1, -0.05) is 29.8 Å². The van der Waals surface area contributed by atoms with E-state index in [0.29, 0.717) is 5.56 Å². The molecular weight excluding hydrogens is 428 g/mol. The molecule has 1 aliphatic heterocycles. The summed E-state index contributed by atoms with van der Waals surface area (Å²) in [5.74, 6) is -4.44. The van der Waals surface area contributed by atoms with Crippen molar-refractivity contribution >= 4 is 23.2 Å². The summed E-state index contributed by atoms with van der Waals surface area (Å²) in [4.78, 5) is 22.6. The third-order valence-electron chi connectivity index (χ3n) is 4.54. The SMILES string of the molecule is Cc1ccc(C2CC(NC(=O)C(F)(F)F)=NN2c2ccc(C(=O)C(F)(F)F)cc2)cc1. The van der Waals surface area contributed by atoms with Gasteiger partial charge in [0.1, 0.15) is 5.84 Å². The van der Waals surface area contributed by atoms with Crippen LogP contribution >= 0.6 is 0 Å². The smallest absolute Gasteiger partial charge is 0.305 e. The van der Waals surface area contributed by atoms with Crippen molar-refractivity contribution in [1.82, 2.24) is 5.32 Å². The molecule has 0 bridgehead atoms. The van der Waals surface area contributed by atoms with Gasteiger partial charge in [0.25, 0.3) is 5.78 Å². The van der Waals surface area contributed by atoms with E-state index >= 15 is 0 Å². The number of hydrogen-bond donors (Lipinski definition) is 1. The van der Waals surface area contributed by atoms with E-state index in [-0.39, 0.29) is 17.9 Å². The topological polar surface area (TPSA) is 61.8 Å². The molecule has 31 heavy (non-hydrogen) atoms. The first-order valence-corrected chi connectivity index (χ1v) is 8.89. The zero-order valence-electron chi connectivity index (χ0n) is 15.9. The number of benzene rings is 2. The summed E-state index contributed by atoms with van der Waals surface area (Å²) in [5, 5.41) is 7.04. The van der Waals surface area contributed by atoms with E-state index in [1.165, 1.54) is 17.1 Å². The lowest BCUT2D eigenvalue weighted by Crippen LogP contribution is -2.40. The molecule has 3 rings (SSSR count). The van der Waals surface area contributed by atoms with Crippen molar-refractivity contribution < 1.29 is 35.9 Å². The van der Waals surface area contributed by atoms with Crippen LogP contribution in [0.2, 0.25) is 0 Å². The normalized spacial score (nSPS) is 16.8. The molecule has 1 heterocycles. The number of halogens is 6. The lowest BCUT2D eigenvalue weighted by atomic mass is 10.0. The fourth-order valence-corrected chi connectivity index (χ4v) is 3.00. The maximum atomic E-state index is 12.6. The van der Waals surface area contributed by atoms with E-state index in [1.54, 1.807) is 29.6 Å². The molecule has 1 amide bonds. The summed E-state index contributed by atoms with van der Waals surface area (Å²) in [6.07, 6.45) is -10.2. The Labute approximate surface area is 172 Å². The number of Topliss-reactive ketones (excluding diaryl/α,β-unsaturated/α-hetero) is 1. The second-order valence-corrected chi connectivity index (χ2v) is 6.85. The maximum absolute atomic E-state index is 12.6. The van der Waals surface area contributed by atoms with Crippen molar-refractivity contribution in [2.45, 2.75) is 31.7 Å². The Kier molecular flexibility index (Phi) is 5.79. The lowest BCUT2D eigenvalue weighted by Gasteiger charge is -2.24. The number of ketones is 1. The molecule has 0 saturated carbocycles. The number of carbonyl (C=O) groups excluding carboxylic acids is 2. The Hall–Kier alpha value is -3.37. The molecule has 0 fully saturated rings. The van der Waals surface area contributed by atoms with E-state index in [0.717, 1.165) is 17.7 Å². The molecule has 2 aromatic rings. The zero-order valence-corrected chi connectivity index (χ0v) is 15.9. The molecule has 0 aliphatic carbocycles. The van der Waals surface area contributed by atoms with E-state index < -0.39 is 35.6 Å². The summed E-state index contributed by atoms with van der Waals surface area (Å²) in [6, 6.07) is 10.7. The van der Waals surface area contributed by atoms with Crippen molar-refractivity contribution in [3.8, 4) is 0 Å². The van der Waals surface area contributed by atoms with Crippen molar-refractivity contribution in [2.24, 2.45) is 5.10 Å². The largest absolute Gasteiger partial charge is 0.471 e. The Morgan fingerprint density at radius 3 is 2.03 bits per heavy atom. The number of nitrogens with zero attached hydrogens (tertiary/aromatic N) is 2. The number of carbonyl (C=O) groups is 2. The number of rotatable bonds is 3. The number of hydrogen-bond acceptors (Lipinski definition) is 4. The number of aryl methyl sites for hydroxylation is 1. The fourth-order valence-electron chi connectivity index (χ4n) is 3.00. The summed E-state index contributed by atoms with van der Waals surface area (Å²) >= 11 is 0. The van der Waals surface area contributed by atoms with Crippen molar-refractivity contribution in [1.29, 1.82) is 0 Å². The highest BCUT2D eigenvalue weighted by Gasteiger charge is 2.41. The van der Waals surface area contributed by atoms with Crippen LogP contribution in [-0.4, -0.2) is 29.9 Å². The predicted octanol–water partition coefficient (Wildman–Crippen LogP) is 4.68. The van der Waals surface area contributed by atoms with Crippen LogP contribution in [0, 0.1) is 6.92 Å². The van der Waals surface area contributed by atoms with Crippen LogP contribution in [0.3, 0.4) is 0 Å². The van der Waals surface area contributed by atoms with Gasteiger partial charge in [-0.3, -0.25) is 14.6 Å². The number of alkyl halides is 6. The van der Waals surface area contributed by atoms with Gasteiger partial charge in [0.05, 0.1) is 11.7 Å². The molecular formula is C20H15F6N3O2.